The van der Waals surface area contributed by atoms with Crippen LogP contribution in [0.15, 0.2) is 0 Å². The molecule has 2 heteroatoms. The third kappa shape index (κ3) is 3.81. The number of nitriles is 1. The summed E-state index contributed by atoms with van der Waals surface area (Å²) in [6, 6.07) is 2.27. The van der Waals surface area contributed by atoms with Gasteiger partial charge in [-0.1, -0.05) is 0 Å². The Kier molecular flexibility index (Phi) is 4.50. The number of nitrogens with zero attached hydrogens (tertiary/aromatic N) is 1. The van der Waals surface area contributed by atoms with Crippen LogP contribution < -0.4 is 5.32 Å². The first-order valence-electron chi connectivity index (χ1n) is 5.34. The first-order chi connectivity index (χ1) is 6.83. The van der Waals surface area contributed by atoms with Gasteiger partial charge in [-0.25, -0.2) is 0 Å². The lowest BCUT2D eigenvalue weighted by Crippen LogP contribution is -2.24. The maximum Gasteiger partial charge on any atom is 0.0628 e. The highest BCUT2D eigenvalue weighted by Crippen LogP contribution is 2.47. The van der Waals surface area contributed by atoms with Gasteiger partial charge in [0.15, 0.2) is 0 Å². The minimum Gasteiger partial charge on any atom is -0.316 e. The second kappa shape index (κ2) is 5.68. The van der Waals surface area contributed by atoms with E-state index < -0.39 is 0 Å². The lowest BCUT2D eigenvalue weighted by molar-refractivity contribution is 0.462. The molecule has 0 unspecified atom stereocenters. The molecule has 1 aliphatic carbocycles. The quantitative estimate of drug-likeness (QED) is 0.493. The van der Waals surface area contributed by atoms with Crippen molar-refractivity contribution in [1.29, 1.82) is 5.26 Å². The van der Waals surface area contributed by atoms with Crippen LogP contribution in [0.1, 0.15) is 38.5 Å². The van der Waals surface area contributed by atoms with Crippen molar-refractivity contribution >= 4 is 0 Å². The molecular weight excluding hydrogens is 172 g/mol. The van der Waals surface area contributed by atoms with Gasteiger partial charge in [0, 0.05) is 19.4 Å². The summed E-state index contributed by atoms with van der Waals surface area (Å²) in [5.41, 5.74) is 0.334. The van der Waals surface area contributed by atoms with Crippen LogP contribution in [0.4, 0.5) is 0 Å². The van der Waals surface area contributed by atoms with Crippen LogP contribution in [-0.4, -0.2) is 13.1 Å². The van der Waals surface area contributed by atoms with Gasteiger partial charge in [0.1, 0.15) is 0 Å². The number of hydrogen-bond acceptors (Lipinski definition) is 2. The average Bonchev–Trinajstić information content (AvgIpc) is 2.93. The van der Waals surface area contributed by atoms with Crippen LogP contribution in [0.25, 0.3) is 0 Å². The van der Waals surface area contributed by atoms with E-state index in [0.717, 1.165) is 32.4 Å². The summed E-state index contributed by atoms with van der Waals surface area (Å²) in [7, 11) is 0. The van der Waals surface area contributed by atoms with Crippen molar-refractivity contribution in [3.8, 4) is 18.4 Å². The van der Waals surface area contributed by atoms with Gasteiger partial charge >= 0.3 is 0 Å². The van der Waals surface area contributed by atoms with E-state index >= 15 is 0 Å². The van der Waals surface area contributed by atoms with Gasteiger partial charge in [-0.05, 0) is 37.6 Å². The molecule has 0 heterocycles. The van der Waals surface area contributed by atoms with E-state index in [4.69, 9.17) is 11.7 Å². The van der Waals surface area contributed by atoms with Gasteiger partial charge in [0.2, 0.25) is 0 Å². The van der Waals surface area contributed by atoms with Gasteiger partial charge in [-0.3, -0.25) is 0 Å². The molecular formula is C12H18N2. The third-order valence-electron chi connectivity index (χ3n) is 2.84. The van der Waals surface area contributed by atoms with E-state index in [0.29, 0.717) is 11.8 Å². The van der Waals surface area contributed by atoms with E-state index in [1.165, 1.54) is 12.8 Å². The zero-order chi connectivity index (χ0) is 10.3. The van der Waals surface area contributed by atoms with E-state index in [-0.39, 0.29) is 0 Å². The van der Waals surface area contributed by atoms with Gasteiger partial charge < -0.3 is 5.32 Å². The van der Waals surface area contributed by atoms with Gasteiger partial charge in [-0.2, -0.15) is 5.26 Å². The number of unbranched alkanes of at least 4 members (excludes halogenated alkanes) is 2. The smallest absolute Gasteiger partial charge is 0.0628 e. The summed E-state index contributed by atoms with van der Waals surface area (Å²) >= 11 is 0. The predicted molar refractivity (Wildman–Crippen MR) is 57.5 cm³/mol. The fraction of sp³-hybridized carbons (Fsp3) is 0.750. The highest BCUT2D eigenvalue weighted by atomic mass is 14.9. The van der Waals surface area contributed by atoms with E-state index in [9.17, 15) is 0 Å². The Bertz CT molecular complexity index is 240. The molecule has 1 fully saturated rings. The fourth-order valence-electron chi connectivity index (χ4n) is 1.59. The first kappa shape index (κ1) is 11.1. The zero-order valence-corrected chi connectivity index (χ0v) is 8.68. The molecule has 1 aliphatic rings. The Hall–Kier alpha value is -0.990. The second-order valence-corrected chi connectivity index (χ2v) is 4.17. The summed E-state index contributed by atoms with van der Waals surface area (Å²) < 4.78 is 0. The Balaban J connectivity index is 1.94. The summed E-state index contributed by atoms with van der Waals surface area (Å²) in [6.45, 7) is 2.05. The number of nitrogens with one attached hydrogen (secondary N) is 1. The molecule has 1 saturated carbocycles. The minimum atomic E-state index is 0.334. The molecule has 0 radical (unpaired) electrons. The second-order valence-electron chi connectivity index (χ2n) is 4.17. The van der Waals surface area contributed by atoms with Crippen LogP contribution in [0.3, 0.4) is 0 Å². The molecule has 0 aromatic heterocycles. The summed E-state index contributed by atoms with van der Waals surface area (Å²) in [4.78, 5) is 0. The standard InChI is InChI=1S/C12H18N2/c1-2-3-4-5-10-14-11-12(6-7-12)8-9-13/h1,14H,3-8,10-11H2. The summed E-state index contributed by atoms with van der Waals surface area (Å²) in [5.74, 6) is 2.64. The van der Waals surface area contributed by atoms with Gasteiger partial charge in [-0.15, -0.1) is 12.3 Å². The van der Waals surface area contributed by atoms with Crippen molar-refractivity contribution in [3.63, 3.8) is 0 Å². The molecule has 0 bridgehead atoms. The number of terminal acetylenes is 1. The third-order valence-corrected chi connectivity index (χ3v) is 2.84. The number of rotatable bonds is 7. The molecule has 0 aromatic rings. The lowest BCUT2D eigenvalue weighted by Gasteiger charge is -2.11. The molecule has 0 amide bonds. The highest BCUT2D eigenvalue weighted by molar-refractivity contribution is 5.00. The van der Waals surface area contributed by atoms with Crippen LogP contribution >= 0.6 is 0 Å². The normalized spacial score (nSPS) is 17.0. The topological polar surface area (TPSA) is 35.8 Å². The Labute approximate surface area is 86.7 Å². The molecule has 2 nitrogen and oxygen atoms in total. The number of hydrogen-bond donors (Lipinski definition) is 1. The molecule has 1 rings (SSSR count). The first-order valence-corrected chi connectivity index (χ1v) is 5.34. The molecule has 0 aliphatic heterocycles. The molecule has 0 atom stereocenters. The zero-order valence-electron chi connectivity index (χ0n) is 8.68. The summed E-state index contributed by atoms with van der Waals surface area (Å²) in [6.07, 6.45) is 11.4. The van der Waals surface area contributed by atoms with E-state index in [1.807, 2.05) is 0 Å². The fourth-order valence-corrected chi connectivity index (χ4v) is 1.59. The molecule has 0 saturated heterocycles. The van der Waals surface area contributed by atoms with Crippen LogP contribution in [0.5, 0.6) is 0 Å². The van der Waals surface area contributed by atoms with Crippen molar-refractivity contribution in [2.24, 2.45) is 5.41 Å². The van der Waals surface area contributed by atoms with E-state index in [2.05, 4.69) is 17.3 Å². The molecule has 0 aromatic carbocycles. The van der Waals surface area contributed by atoms with Crippen LogP contribution in [0, 0.1) is 29.1 Å². The largest absolute Gasteiger partial charge is 0.316 e. The summed E-state index contributed by atoms with van der Waals surface area (Å²) in [5, 5.41) is 12.0. The Morgan fingerprint density at radius 2 is 2.14 bits per heavy atom. The average molecular weight is 190 g/mol. The van der Waals surface area contributed by atoms with Crippen molar-refractivity contribution in [2.75, 3.05) is 13.1 Å². The van der Waals surface area contributed by atoms with Crippen molar-refractivity contribution in [2.45, 2.75) is 38.5 Å². The molecule has 1 N–H and O–H groups in total. The lowest BCUT2D eigenvalue weighted by atomic mass is 10.0. The molecule has 0 spiro atoms. The van der Waals surface area contributed by atoms with Crippen molar-refractivity contribution in [3.05, 3.63) is 0 Å². The molecule has 14 heavy (non-hydrogen) atoms. The predicted octanol–water partition coefficient (Wildman–Crippen LogP) is 2.07. The minimum absolute atomic E-state index is 0.334. The van der Waals surface area contributed by atoms with E-state index in [1.54, 1.807) is 0 Å². The van der Waals surface area contributed by atoms with Crippen LogP contribution in [-0.2, 0) is 0 Å². The Morgan fingerprint density at radius 3 is 2.71 bits per heavy atom. The van der Waals surface area contributed by atoms with Gasteiger partial charge in [0.25, 0.3) is 0 Å². The van der Waals surface area contributed by atoms with Gasteiger partial charge in [0.05, 0.1) is 6.07 Å². The van der Waals surface area contributed by atoms with Crippen molar-refractivity contribution in [1.82, 2.24) is 5.32 Å². The maximum absolute atomic E-state index is 8.61. The highest BCUT2D eigenvalue weighted by Gasteiger charge is 2.41. The van der Waals surface area contributed by atoms with Crippen molar-refractivity contribution < 1.29 is 0 Å². The Morgan fingerprint density at radius 1 is 1.36 bits per heavy atom. The van der Waals surface area contributed by atoms with Crippen LogP contribution in [0.2, 0.25) is 0 Å². The molecule has 76 valence electrons. The maximum atomic E-state index is 8.61. The monoisotopic (exact) mass is 190 g/mol. The SMILES string of the molecule is C#CCCCCNCC1(CC#N)CC1.